The molecule has 0 aliphatic heterocycles. The Morgan fingerprint density at radius 2 is 2.22 bits per heavy atom. The van der Waals surface area contributed by atoms with Gasteiger partial charge < -0.3 is 0 Å². The molecule has 0 saturated carbocycles. The van der Waals surface area contributed by atoms with Gasteiger partial charge in [0.2, 0.25) is 0 Å². The first kappa shape index (κ1) is 12.0. The number of nitrogens with one attached hydrogen (secondary N) is 1. The van der Waals surface area contributed by atoms with Gasteiger partial charge in [0.25, 0.3) is 5.91 Å². The molecule has 5 nitrogen and oxygen atoms in total. The van der Waals surface area contributed by atoms with Crippen molar-refractivity contribution in [2.75, 3.05) is 0 Å². The number of halogens is 1. The van der Waals surface area contributed by atoms with Crippen LogP contribution in [-0.4, -0.2) is 21.9 Å². The number of hydrogen-bond acceptors (Lipinski definition) is 3. The Hall–Kier alpha value is -2.50. The average Bonchev–Trinajstić information content (AvgIpc) is 2.78. The van der Waals surface area contributed by atoms with Crippen LogP contribution < -0.4 is 5.43 Å². The summed E-state index contributed by atoms with van der Waals surface area (Å²) in [6.45, 7) is 0. The van der Waals surface area contributed by atoms with E-state index >= 15 is 0 Å². The number of carbonyl (C=O) groups excluding carboxylic acids is 1. The number of amides is 1. The summed E-state index contributed by atoms with van der Waals surface area (Å²) in [5, 5.41) is 7.58. The summed E-state index contributed by atoms with van der Waals surface area (Å²) in [5.74, 6) is -0.837. The highest BCUT2D eigenvalue weighted by Gasteiger charge is 2.06. The van der Waals surface area contributed by atoms with Crippen LogP contribution in [0, 0.1) is 5.82 Å². The fourth-order valence-electron chi connectivity index (χ4n) is 1.33. The van der Waals surface area contributed by atoms with Gasteiger partial charge in [0.05, 0.1) is 6.21 Å². The molecule has 0 unspecified atom stereocenters. The van der Waals surface area contributed by atoms with Crippen molar-refractivity contribution in [3.63, 3.8) is 0 Å². The van der Waals surface area contributed by atoms with E-state index in [1.807, 2.05) is 0 Å². The van der Waals surface area contributed by atoms with Crippen LogP contribution in [0.25, 0.3) is 0 Å². The number of hydrazone groups is 1. The molecule has 2 rings (SSSR count). The molecule has 1 aromatic carbocycles. The first-order chi connectivity index (χ1) is 8.66. The zero-order valence-electron chi connectivity index (χ0n) is 9.67. The third kappa shape index (κ3) is 2.79. The summed E-state index contributed by atoms with van der Waals surface area (Å²) < 4.78 is 14.7. The lowest BCUT2D eigenvalue weighted by Gasteiger charge is -1.96. The largest absolute Gasteiger partial charge is 0.291 e. The Morgan fingerprint density at radius 3 is 2.89 bits per heavy atom. The lowest BCUT2D eigenvalue weighted by atomic mass is 10.2. The van der Waals surface area contributed by atoms with E-state index in [0.717, 1.165) is 0 Å². The number of nitrogens with zero attached hydrogens (tertiary/aromatic N) is 3. The van der Waals surface area contributed by atoms with E-state index in [2.05, 4.69) is 15.6 Å². The van der Waals surface area contributed by atoms with E-state index in [1.54, 1.807) is 37.5 Å². The molecule has 0 fully saturated rings. The minimum absolute atomic E-state index is 0.253. The topological polar surface area (TPSA) is 59.3 Å². The number of rotatable bonds is 3. The fourth-order valence-corrected chi connectivity index (χ4v) is 1.33. The molecule has 1 amide bonds. The van der Waals surface area contributed by atoms with Crippen molar-refractivity contribution in [1.29, 1.82) is 0 Å². The van der Waals surface area contributed by atoms with Gasteiger partial charge in [0.1, 0.15) is 5.82 Å². The van der Waals surface area contributed by atoms with Gasteiger partial charge in [-0.2, -0.15) is 10.2 Å². The first-order valence-electron chi connectivity index (χ1n) is 5.24. The van der Waals surface area contributed by atoms with Crippen molar-refractivity contribution in [3.8, 4) is 0 Å². The third-order valence-corrected chi connectivity index (χ3v) is 2.22. The SMILES string of the molecule is Cn1ccc(C(=O)N/N=C/c2ccccc2F)n1. The Morgan fingerprint density at radius 1 is 1.44 bits per heavy atom. The monoisotopic (exact) mass is 246 g/mol. The fraction of sp³-hybridized carbons (Fsp3) is 0.0833. The Balaban J connectivity index is 2.00. The molecule has 18 heavy (non-hydrogen) atoms. The van der Waals surface area contributed by atoms with Crippen molar-refractivity contribution in [2.24, 2.45) is 12.1 Å². The summed E-state index contributed by atoms with van der Waals surface area (Å²) in [7, 11) is 1.71. The molecule has 92 valence electrons. The second kappa shape index (κ2) is 5.22. The van der Waals surface area contributed by atoms with Crippen molar-refractivity contribution < 1.29 is 9.18 Å². The van der Waals surface area contributed by atoms with Crippen molar-refractivity contribution in [2.45, 2.75) is 0 Å². The van der Waals surface area contributed by atoms with Gasteiger partial charge in [0, 0.05) is 18.8 Å². The van der Waals surface area contributed by atoms with Crippen LogP contribution in [0.5, 0.6) is 0 Å². The number of benzene rings is 1. The maximum absolute atomic E-state index is 13.2. The van der Waals surface area contributed by atoms with Crippen LogP contribution in [0.1, 0.15) is 16.1 Å². The zero-order valence-corrected chi connectivity index (χ0v) is 9.67. The van der Waals surface area contributed by atoms with E-state index in [4.69, 9.17) is 0 Å². The minimum atomic E-state index is -0.441. The van der Waals surface area contributed by atoms with Crippen LogP contribution in [0.2, 0.25) is 0 Å². The van der Waals surface area contributed by atoms with E-state index < -0.39 is 11.7 Å². The predicted molar refractivity (Wildman–Crippen MR) is 64.7 cm³/mol. The maximum Gasteiger partial charge on any atom is 0.291 e. The molecule has 1 aromatic heterocycles. The zero-order chi connectivity index (χ0) is 13.0. The molecule has 0 aliphatic carbocycles. The highest BCUT2D eigenvalue weighted by atomic mass is 19.1. The number of hydrogen-bond donors (Lipinski definition) is 1. The molecule has 6 heteroatoms. The van der Waals surface area contributed by atoms with Gasteiger partial charge in [-0.15, -0.1) is 0 Å². The molecular weight excluding hydrogens is 235 g/mol. The normalized spacial score (nSPS) is 10.8. The lowest BCUT2D eigenvalue weighted by Crippen LogP contribution is -2.18. The summed E-state index contributed by atoms with van der Waals surface area (Å²) >= 11 is 0. The van der Waals surface area contributed by atoms with Gasteiger partial charge in [-0.1, -0.05) is 18.2 Å². The van der Waals surface area contributed by atoms with E-state index in [0.29, 0.717) is 5.56 Å². The average molecular weight is 246 g/mol. The molecule has 1 heterocycles. The number of aryl methyl sites for hydroxylation is 1. The molecular formula is C12H11FN4O. The summed E-state index contributed by atoms with van der Waals surface area (Å²) in [6, 6.07) is 7.71. The number of aromatic nitrogens is 2. The predicted octanol–water partition coefficient (Wildman–Crippen LogP) is 1.32. The van der Waals surface area contributed by atoms with Crippen LogP contribution in [0.4, 0.5) is 4.39 Å². The minimum Gasteiger partial charge on any atom is -0.275 e. The summed E-state index contributed by atoms with van der Waals surface area (Å²) in [6.07, 6.45) is 2.89. The molecule has 0 saturated heterocycles. The maximum atomic E-state index is 13.2. The first-order valence-corrected chi connectivity index (χ1v) is 5.24. The Labute approximate surface area is 103 Å². The molecule has 0 aliphatic rings. The lowest BCUT2D eigenvalue weighted by molar-refractivity contribution is 0.0949. The third-order valence-electron chi connectivity index (χ3n) is 2.22. The van der Waals surface area contributed by atoms with Gasteiger partial charge in [0.15, 0.2) is 5.69 Å². The van der Waals surface area contributed by atoms with Crippen LogP contribution in [0.15, 0.2) is 41.6 Å². The molecule has 2 aromatic rings. The highest BCUT2D eigenvalue weighted by molar-refractivity contribution is 5.93. The van der Waals surface area contributed by atoms with Gasteiger partial charge in [-0.05, 0) is 12.1 Å². The van der Waals surface area contributed by atoms with E-state index in [1.165, 1.54) is 17.0 Å². The summed E-state index contributed by atoms with van der Waals surface area (Å²) in [5.41, 5.74) is 2.83. The van der Waals surface area contributed by atoms with E-state index in [-0.39, 0.29) is 5.69 Å². The second-order valence-electron chi connectivity index (χ2n) is 3.60. The molecule has 1 N–H and O–H groups in total. The smallest absolute Gasteiger partial charge is 0.275 e. The van der Waals surface area contributed by atoms with Crippen molar-refractivity contribution >= 4 is 12.1 Å². The van der Waals surface area contributed by atoms with Crippen molar-refractivity contribution in [3.05, 3.63) is 53.6 Å². The van der Waals surface area contributed by atoms with Crippen LogP contribution in [-0.2, 0) is 7.05 Å². The number of carbonyl (C=O) groups is 1. The van der Waals surface area contributed by atoms with Gasteiger partial charge >= 0.3 is 0 Å². The second-order valence-corrected chi connectivity index (χ2v) is 3.60. The van der Waals surface area contributed by atoms with Crippen LogP contribution in [0.3, 0.4) is 0 Å². The molecule has 0 atom stereocenters. The highest BCUT2D eigenvalue weighted by Crippen LogP contribution is 2.02. The summed E-state index contributed by atoms with van der Waals surface area (Å²) in [4.78, 5) is 11.5. The van der Waals surface area contributed by atoms with E-state index in [9.17, 15) is 9.18 Å². The molecule has 0 radical (unpaired) electrons. The molecule has 0 spiro atoms. The van der Waals surface area contributed by atoms with Gasteiger partial charge in [-0.3, -0.25) is 9.48 Å². The quantitative estimate of drug-likeness (QED) is 0.656. The van der Waals surface area contributed by atoms with Crippen molar-refractivity contribution in [1.82, 2.24) is 15.2 Å². The Bertz CT molecular complexity index is 591. The standard InChI is InChI=1S/C12H11FN4O/c1-17-7-6-11(16-17)12(18)15-14-8-9-4-2-3-5-10(9)13/h2-8H,1H3,(H,15,18)/b14-8+. The van der Waals surface area contributed by atoms with Gasteiger partial charge in [-0.25, -0.2) is 9.82 Å². The Kier molecular flexibility index (Phi) is 3.47. The van der Waals surface area contributed by atoms with Crippen LogP contribution >= 0.6 is 0 Å². The molecule has 0 bridgehead atoms.